The molecule has 0 radical (unpaired) electrons. The molecule has 3 aromatic rings. The van der Waals surface area contributed by atoms with Crippen molar-refractivity contribution in [2.24, 2.45) is 0 Å². The molecule has 0 amide bonds. The van der Waals surface area contributed by atoms with Crippen molar-refractivity contribution in [3.05, 3.63) is 65.1 Å². The Hall–Kier alpha value is -2.62. The van der Waals surface area contributed by atoms with Gasteiger partial charge in [0.15, 0.2) is 0 Å². The molecule has 0 atom stereocenters. The predicted octanol–water partition coefficient (Wildman–Crippen LogP) is 3.16. The van der Waals surface area contributed by atoms with Crippen LogP contribution in [-0.4, -0.2) is 21.0 Å². The molecule has 100 valence electrons. The average Bonchev–Trinajstić information content (AvgIpc) is 2.80. The number of carbonyl (C=O) groups is 1. The van der Waals surface area contributed by atoms with Gasteiger partial charge in [0.25, 0.3) is 0 Å². The third-order valence-electron chi connectivity index (χ3n) is 3.27. The first-order valence-corrected chi connectivity index (χ1v) is 6.38. The smallest absolute Gasteiger partial charge is 0.335 e. The molecule has 2 N–H and O–H groups in total. The van der Waals surface area contributed by atoms with Crippen molar-refractivity contribution in [2.45, 2.75) is 13.3 Å². The van der Waals surface area contributed by atoms with Gasteiger partial charge in [0, 0.05) is 29.5 Å². The van der Waals surface area contributed by atoms with E-state index in [0.717, 1.165) is 22.3 Å². The van der Waals surface area contributed by atoms with Crippen LogP contribution in [0.3, 0.4) is 0 Å². The number of aromatic amines is 1. The van der Waals surface area contributed by atoms with E-state index in [1.807, 2.05) is 0 Å². The highest BCUT2D eigenvalue weighted by atomic mass is 16.4. The van der Waals surface area contributed by atoms with Gasteiger partial charge in [-0.05, 0) is 42.6 Å². The second-order valence-corrected chi connectivity index (χ2v) is 4.90. The number of pyridine rings is 1. The maximum absolute atomic E-state index is 10.9. The molecule has 4 nitrogen and oxygen atoms in total. The number of benzene rings is 1. The topological polar surface area (TPSA) is 66.0 Å². The van der Waals surface area contributed by atoms with Crippen LogP contribution in [0.5, 0.6) is 0 Å². The van der Waals surface area contributed by atoms with Crippen molar-refractivity contribution < 1.29 is 9.90 Å². The van der Waals surface area contributed by atoms with Crippen molar-refractivity contribution in [1.29, 1.82) is 0 Å². The summed E-state index contributed by atoms with van der Waals surface area (Å²) >= 11 is 0. The predicted molar refractivity (Wildman–Crippen MR) is 77.0 cm³/mol. The largest absolute Gasteiger partial charge is 0.478 e. The molecule has 2 heterocycles. The fraction of sp³-hybridized carbons (Fsp3) is 0.125. The molecule has 0 saturated heterocycles. The number of aryl methyl sites for hydroxylation is 1. The number of hydrogen-bond donors (Lipinski definition) is 2. The highest BCUT2D eigenvalue weighted by molar-refractivity contribution is 5.87. The summed E-state index contributed by atoms with van der Waals surface area (Å²) in [5.74, 6) is -0.930. The Morgan fingerprint density at radius 1 is 1.25 bits per heavy atom. The Morgan fingerprint density at radius 2 is 2.10 bits per heavy atom. The van der Waals surface area contributed by atoms with E-state index in [-0.39, 0.29) is 5.56 Å². The maximum atomic E-state index is 10.9. The zero-order valence-electron chi connectivity index (χ0n) is 11.1. The molecule has 0 saturated carbocycles. The lowest BCUT2D eigenvalue weighted by Gasteiger charge is -2.00. The van der Waals surface area contributed by atoms with E-state index in [1.54, 1.807) is 6.07 Å². The van der Waals surface area contributed by atoms with E-state index >= 15 is 0 Å². The highest BCUT2D eigenvalue weighted by Gasteiger charge is 2.07. The molecule has 0 aliphatic rings. The number of carboxylic acid groups (broad SMARTS) is 1. The normalized spacial score (nSPS) is 10.8. The Morgan fingerprint density at radius 3 is 2.90 bits per heavy atom. The monoisotopic (exact) mass is 266 g/mol. The number of rotatable bonds is 3. The van der Waals surface area contributed by atoms with Crippen LogP contribution in [0, 0.1) is 6.92 Å². The maximum Gasteiger partial charge on any atom is 0.335 e. The summed E-state index contributed by atoms with van der Waals surface area (Å²) in [6.45, 7) is 2.06. The first kappa shape index (κ1) is 12.4. The lowest BCUT2D eigenvalue weighted by atomic mass is 10.1. The van der Waals surface area contributed by atoms with E-state index in [0.29, 0.717) is 6.42 Å². The van der Waals surface area contributed by atoms with Gasteiger partial charge in [0.2, 0.25) is 0 Å². The van der Waals surface area contributed by atoms with Crippen molar-refractivity contribution in [3.8, 4) is 0 Å². The molecule has 3 rings (SSSR count). The Bertz CT molecular complexity index is 790. The Labute approximate surface area is 116 Å². The van der Waals surface area contributed by atoms with Gasteiger partial charge >= 0.3 is 5.97 Å². The molecule has 0 spiro atoms. The summed E-state index contributed by atoms with van der Waals surface area (Å²) in [6.07, 6.45) is 2.13. The van der Waals surface area contributed by atoms with Crippen LogP contribution in [0.2, 0.25) is 0 Å². The van der Waals surface area contributed by atoms with Crippen LogP contribution in [0.1, 0.15) is 27.3 Å². The van der Waals surface area contributed by atoms with E-state index < -0.39 is 5.97 Å². The number of nitrogens with one attached hydrogen (secondary N) is 1. The molecule has 0 unspecified atom stereocenters. The molecule has 1 aromatic carbocycles. The number of carboxylic acids is 1. The van der Waals surface area contributed by atoms with E-state index in [9.17, 15) is 4.79 Å². The van der Waals surface area contributed by atoms with Crippen LogP contribution in [0.25, 0.3) is 10.9 Å². The number of aromatic nitrogens is 2. The number of H-pyrrole nitrogens is 1. The van der Waals surface area contributed by atoms with Crippen molar-refractivity contribution in [1.82, 2.24) is 9.97 Å². The number of nitrogens with zero attached hydrogens (tertiary/aromatic N) is 1. The molecular weight excluding hydrogens is 252 g/mol. The molecule has 0 bridgehead atoms. The fourth-order valence-electron chi connectivity index (χ4n) is 2.31. The van der Waals surface area contributed by atoms with Gasteiger partial charge in [0.05, 0.1) is 5.56 Å². The minimum Gasteiger partial charge on any atom is -0.478 e. The first-order chi connectivity index (χ1) is 9.61. The summed E-state index contributed by atoms with van der Waals surface area (Å²) < 4.78 is 0. The highest BCUT2D eigenvalue weighted by Crippen LogP contribution is 2.18. The number of aromatic carboxylic acids is 1. The molecule has 20 heavy (non-hydrogen) atoms. The van der Waals surface area contributed by atoms with Crippen LogP contribution < -0.4 is 0 Å². The number of fused-ring (bicyclic) bond motifs is 1. The van der Waals surface area contributed by atoms with E-state index in [2.05, 4.69) is 41.2 Å². The quantitative estimate of drug-likeness (QED) is 0.765. The summed E-state index contributed by atoms with van der Waals surface area (Å²) in [6, 6.07) is 11.4. The first-order valence-electron chi connectivity index (χ1n) is 6.38. The van der Waals surface area contributed by atoms with Crippen molar-refractivity contribution in [3.63, 3.8) is 0 Å². The fourth-order valence-corrected chi connectivity index (χ4v) is 2.31. The van der Waals surface area contributed by atoms with Crippen LogP contribution >= 0.6 is 0 Å². The van der Waals surface area contributed by atoms with Crippen LogP contribution in [-0.2, 0) is 6.42 Å². The van der Waals surface area contributed by atoms with Gasteiger partial charge in [-0.1, -0.05) is 11.6 Å². The minimum atomic E-state index is -0.930. The molecule has 0 fully saturated rings. The third-order valence-corrected chi connectivity index (χ3v) is 3.27. The van der Waals surface area contributed by atoms with E-state index in [1.165, 1.54) is 17.8 Å². The zero-order chi connectivity index (χ0) is 14.1. The molecular formula is C16H14N2O2. The lowest BCUT2D eigenvalue weighted by molar-refractivity contribution is 0.0696. The Balaban J connectivity index is 1.92. The Kier molecular flexibility index (Phi) is 2.99. The lowest BCUT2D eigenvalue weighted by Crippen LogP contribution is -2.00. The zero-order valence-corrected chi connectivity index (χ0v) is 11.1. The van der Waals surface area contributed by atoms with E-state index in [4.69, 9.17) is 5.11 Å². The van der Waals surface area contributed by atoms with Crippen molar-refractivity contribution >= 4 is 16.9 Å². The summed E-state index contributed by atoms with van der Waals surface area (Å²) in [5.41, 5.74) is 4.34. The molecule has 0 aliphatic heterocycles. The average molecular weight is 266 g/mol. The van der Waals surface area contributed by atoms with Gasteiger partial charge in [-0.25, -0.2) is 4.79 Å². The van der Waals surface area contributed by atoms with Gasteiger partial charge in [-0.3, -0.25) is 4.98 Å². The van der Waals surface area contributed by atoms with Gasteiger partial charge in [0.1, 0.15) is 0 Å². The van der Waals surface area contributed by atoms with Gasteiger partial charge in [-0.2, -0.15) is 0 Å². The van der Waals surface area contributed by atoms with Crippen molar-refractivity contribution in [2.75, 3.05) is 0 Å². The van der Waals surface area contributed by atoms with Gasteiger partial charge in [-0.15, -0.1) is 0 Å². The minimum absolute atomic E-state index is 0.266. The SMILES string of the molecule is Cc1ccc2[nH]c(Cc3cc(C(=O)O)ccn3)cc2c1. The summed E-state index contributed by atoms with van der Waals surface area (Å²) in [4.78, 5) is 18.5. The molecule has 0 aliphatic carbocycles. The summed E-state index contributed by atoms with van der Waals surface area (Å²) in [7, 11) is 0. The second-order valence-electron chi connectivity index (χ2n) is 4.90. The second kappa shape index (κ2) is 4.81. The summed E-state index contributed by atoms with van der Waals surface area (Å²) in [5, 5.41) is 10.1. The molecule has 2 aromatic heterocycles. The third kappa shape index (κ3) is 2.40. The van der Waals surface area contributed by atoms with Crippen LogP contribution in [0.15, 0.2) is 42.6 Å². The standard InChI is InChI=1S/C16H14N2O2/c1-10-2-3-15-12(6-10)8-14(18-15)9-13-7-11(16(19)20)4-5-17-13/h2-8,18H,9H2,1H3,(H,19,20). The van der Waals surface area contributed by atoms with Crippen LogP contribution in [0.4, 0.5) is 0 Å². The molecule has 4 heteroatoms. The number of hydrogen-bond acceptors (Lipinski definition) is 2. The van der Waals surface area contributed by atoms with Gasteiger partial charge < -0.3 is 10.1 Å².